The third-order valence-corrected chi connectivity index (χ3v) is 2.62. The van der Waals surface area contributed by atoms with E-state index in [2.05, 4.69) is 10.3 Å². The fourth-order valence-corrected chi connectivity index (χ4v) is 1.62. The molecule has 0 aliphatic carbocycles. The van der Waals surface area contributed by atoms with Gasteiger partial charge in [-0.1, -0.05) is 0 Å². The number of aromatic nitrogens is 1. The summed E-state index contributed by atoms with van der Waals surface area (Å²) < 4.78 is 35.3. The predicted octanol–water partition coefficient (Wildman–Crippen LogP) is 2.47. The van der Waals surface area contributed by atoms with Crippen LogP contribution in [-0.2, 0) is 6.42 Å². The van der Waals surface area contributed by atoms with Gasteiger partial charge in [0, 0.05) is 24.7 Å². The molecule has 2 nitrogen and oxygen atoms in total. The lowest BCUT2D eigenvalue weighted by Gasteiger charge is -2.06. The second-order valence-electron chi connectivity index (χ2n) is 3.15. The van der Waals surface area contributed by atoms with Gasteiger partial charge in [0.15, 0.2) is 0 Å². The van der Waals surface area contributed by atoms with Crippen molar-refractivity contribution in [3.05, 3.63) is 30.1 Å². The maximum absolute atomic E-state index is 11.8. The number of nitrogens with one attached hydrogen (secondary N) is 1. The molecule has 0 saturated carbocycles. The average molecular weight is 250 g/mol. The van der Waals surface area contributed by atoms with Gasteiger partial charge in [0.25, 0.3) is 0 Å². The first kappa shape index (κ1) is 13.3. The average Bonchev–Trinajstić information content (AvgIpc) is 2.23. The Morgan fingerprint density at radius 3 is 2.50 bits per heavy atom. The van der Waals surface area contributed by atoms with Crippen LogP contribution >= 0.6 is 11.8 Å². The lowest BCUT2D eigenvalue weighted by Crippen LogP contribution is -2.21. The van der Waals surface area contributed by atoms with Crippen LogP contribution < -0.4 is 5.32 Å². The fourth-order valence-electron chi connectivity index (χ4n) is 1.15. The van der Waals surface area contributed by atoms with E-state index in [1.807, 2.05) is 12.1 Å². The van der Waals surface area contributed by atoms with Gasteiger partial charge in [0.2, 0.25) is 0 Å². The summed E-state index contributed by atoms with van der Waals surface area (Å²) in [5.41, 5.74) is -2.99. The molecule has 1 aromatic heterocycles. The van der Waals surface area contributed by atoms with Crippen LogP contribution in [-0.4, -0.2) is 29.3 Å². The van der Waals surface area contributed by atoms with Crippen molar-refractivity contribution >= 4 is 11.8 Å². The second kappa shape index (κ2) is 6.75. The Hall–Kier alpha value is -0.750. The molecule has 0 fully saturated rings. The number of alkyl halides is 3. The van der Waals surface area contributed by atoms with Crippen molar-refractivity contribution in [2.24, 2.45) is 0 Å². The largest absolute Gasteiger partial charge is 0.441 e. The molecule has 0 aliphatic heterocycles. The number of nitrogens with zero attached hydrogens (tertiary/aromatic N) is 1. The molecule has 0 amide bonds. The lowest BCUT2D eigenvalue weighted by molar-refractivity contribution is -0.0327. The first-order valence-electron chi connectivity index (χ1n) is 4.88. The highest BCUT2D eigenvalue weighted by molar-refractivity contribution is 8.00. The first-order valence-corrected chi connectivity index (χ1v) is 5.87. The zero-order chi connectivity index (χ0) is 11.9. The first-order chi connectivity index (χ1) is 7.58. The van der Waals surface area contributed by atoms with E-state index < -0.39 is 5.51 Å². The van der Waals surface area contributed by atoms with E-state index in [4.69, 9.17) is 0 Å². The smallest absolute Gasteiger partial charge is 0.316 e. The van der Waals surface area contributed by atoms with E-state index in [9.17, 15) is 13.2 Å². The molecule has 1 heterocycles. The molecule has 0 radical (unpaired) electrons. The Kier molecular flexibility index (Phi) is 5.62. The Bertz CT molecular complexity index is 290. The summed E-state index contributed by atoms with van der Waals surface area (Å²) in [5.74, 6) is 0.0554. The van der Waals surface area contributed by atoms with Gasteiger partial charge in [-0.15, -0.1) is 0 Å². The number of hydrogen-bond acceptors (Lipinski definition) is 3. The molecule has 1 N–H and O–H groups in total. The van der Waals surface area contributed by atoms with Crippen LogP contribution in [0.4, 0.5) is 13.2 Å². The summed E-state index contributed by atoms with van der Waals surface area (Å²) in [5, 5.41) is 2.97. The summed E-state index contributed by atoms with van der Waals surface area (Å²) in [6, 6.07) is 3.79. The molecule has 0 saturated heterocycles. The van der Waals surface area contributed by atoms with Crippen molar-refractivity contribution in [1.29, 1.82) is 0 Å². The van der Waals surface area contributed by atoms with E-state index in [1.165, 1.54) is 0 Å². The molecule has 0 bridgehead atoms. The van der Waals surface area contributed by atoms with Gasteiger partial charge < -0.3 is 5.32 Å². The van der Waals surface area contributed by atoms with E-state index >= 15 is 0 Å². The molecule has 16 heavy (non-hydrogen) atoms. The Labute approximate surface area is 96.6 Å². The minimum absolute atomic E-state index is 0.00732. The minimum Gasteiger partial charge on any atom is -0.316 e. The number of pyridine rings is 1. The normalized spacial score (nSPS) is 11.7. The third kappa shape index (κ3) is 6.68. The third-order valence-electron chi connectivity index (χ3n) is 1.88. The molecule has 6 heteroatoms. The fraction of sp³-hybridized carbons (Fsp3) is 0.500. The van der Waals surface area contributed by atoms with Crippen LogP contribution in [0.3, 0.4) is 0 Å². The Morgan fingerprint density at radius 1 is 1.19 bits per heavy atom. The molecular weight excluding hydrogens is 237 g/mol. The number of hydrogen-bond donors (Lipinski definition) is 1. The molecular formula is C10H13F3N2S. The van der Waals surface area contributed by atoms with Crippen LogP contribution in [0.25, 0.3) is 0 Å². The monoisotopic (exact) mass is 250 g/mol. The van der Waals surface area contributed by atoms with Crippen molar-refractivity contribution in [2.45, 2.75) is 11.9 Å². The molecule has 0 atom stereocenters. The van der Waals surface area contributed by atoms with Crippen molar-refractivity contribution in [2.75, 3.05) is 18.8 Å². The number of thioether (sulfide) groups is 1. The maximum Gasteiger partial charge on any atom is 0.441 e. The molecule has 1 aromatic rings. The van der Waals surface area contributed by atoms with Crippen molar-refractivity contribution in [1.82, 2.24) is 10.3 Å². The topological polar surface area (TPSA) is 24.9 Å². The summed E-state index contributed by atoms with van der Waals surface area (Å²) in [6.45, 7) is 1.05. The minimum atomic E-state index is -4.12. The van der Waals surface area contributed by atoms with Crippen molar-refractivity contribution in [3.63, 3.8) is 0 Å². The van der Waals surface area contributed by atoms with E-state index in [0.717, 1.165) is 12.0 Å². The molecule has 1 rings (SSSR count). The van der Waals surface area contributed by atoms with Gasteiger partial charge in [0.05, 0.1) is 0 Å². The molecule has 0 aliphatic rings. The Morgan fingerprint density at radius 2 is 1.88 bits per heavy atom. The molecule has 0 unspecified atom stereocenters. The van der Waals surface area contributed by atoms with Gasteiger partial charge in [-0.05, 0) is 42.4 Å². The van der Waals surface area contributed by atoms with Gasteiger partial charge in [0.1, 0.15) is 0 Å². The zero-order valence-electron chi connectivity index (χ0n) is 8.63. The SMILES string of the molecule is FC(F)(F)SCCNCCc1ccncc1. The van der Waals surface area contributed by atoms with Gasteiger partial charge in [-0.3, -0.25) is 4.98 Å². The Balaban J connectivity index is 2.01. The van der Waals surface area contributed by atoms with E-state index in [0.29, 0.717) is 13.1 Å². The number of halogens is 3. The zero-order valence-corrected chi connectivity index (χ0v) is 9.44. The summed E-state index contributed by atoms with van der Waals surface area (Å²) in [6.07, 6.45) is 4.21. The molecule has 0 aromatic carbocycles. The number of rotatable bonds is 6. The highest BCUT2D eigenvalue weighted by atomic mass is 32.2. The summed E-state index contributed by atoms with van der Waals surface area (Å²) >= 11 is 0.00732. The van der Waals surface area contributed by atoms with Crippen LogP contribution in [0.15, 0.2) is 24.5 Å². The van der Waals surface area contributed by atoms with Crippen LogP contribution in [0.1, 0.15) is 5.56 Å². The summed E-state index contributed by atoms with van der Waals surface area (Å²) in [4.78, 5) is 3.88. The quantitative estimate of drug-likeness (QED) is 0.785. The highest BCUT2D eigenvalue weighted by Gasteiger charge is 2.27. The van der Waals surface area contributed by atoms with Gasteiger partial charge in [-0.2, -0.15) is 13.2 Å². The highest BCUT2D eigenvalue weighted by Crippen LogP contribution is 2.29. The molecule has 90 valence electrons. The lowest BCUT2D eigenvalue weighted by atomic mass is 10.2. The van der Waals surface area contributed by atoms with E-state index in [-0.39, 0.29) is 17.5 Å². The van der Waals surface area contributed by atoms with Gasteiger partial charge in [-0.25, -0.2) is 0 Å². The summed E-state index contributed by atoms with van der Waals surface area (Å²) in [7, 11) is 0. The van der Waals surface area contributed by atoms with Crippen molar-refractivity contribution in [3.8, 4) is 0 Å². The maximum atomic E-state index is 11.8. The van der Waals surface area contributed by atoms with Crippen LogP contribution in [0.5, 0.6) is 0 Å². The molecule has 0 spiro atoms. The van der Waals surface area contributed by atoms with Gasteiger partial charge >= 0.3 is 5.51 Å². The van der Waals surface area contributed by atoms with E-state index in [1.54, 1.807) is 12.4 Å². The van der Waals surface area contributed by atoms with Crippen LogP contribution in [0.2, 0.25) is 0 Å². The van der Waals surface area contributed by atoms with Crippen LogP contribution in [0, 0.1) is 0 Å². The predicted molar refractivity (Wildman–Crippen MR) is 59.3 cm³/mol. The van der Waals surface area contributed by atoms with Crippen molar-refractivity contribution < 1.29 is 13.2 Å². The standard InChI is InChI=1S/C10H13F3N2S/c11-10(12,13)16-8-7-15-6-3-9-1-4-14-5-2-9/h1-2,4-5,15H,3,6-8H2. The second-order valence-corrected chi connectivity index (χ2v) is 4.31.